The van der Waals surface area contributed by atoms with Crippen LogP contribution in [0.15, 0.2) is 23.2 Å². The number of fused-ring (bicyclic) bond motifs is 1. The monoisotopic (exact) mass is 377 g/mol. The normalized spacial score (nSPS) is 21.7. The summed E-state index contributed by atoms with van der Waals surface area (Å²) < 4.78 is 10.9. The van der Waals surface area contributed by atoms with Crippen molar-refractivity contribution in [3.8, 4) is 11.5 Å². The SMILES string of the molecule is CCC1C(=O)NC(SCCN(CC)CC)=NC1c1ccc2c(c1)OCO2. The van der Waals surface area contributed by atoms with E-state index in [0.717, 1.165) is 54.0 Å². The lowest BCUT2D eigenvalue weighted by Crippen LogP contribution is -2.41. The van der Waals surface area contributed by atoms with Crippen molar-refractivity contribution in [1.82, 2.24) is 10.2 Å². The number of amides is 1. The summed E-state index contributed by atoms with van der Waals surface area (Å²) in [5.41, 5.74) is 0.998. The summed E-state index contributed by atoms with van der Waals surface area (Å²) in [5, 5.41) is 3.70. The molecule has 0 radical (unpaired) electrons. The first-order valence-electron chi connectivity index (χ1n) is 9.29. The Balaban J connectivity index is 1.75. The van der Waals surface area contributed by atoms with Gasteiger partial charge in [-0.05, 0) is 37.2 Å². The number of rotatable bonds is 7. The second kappa shape index (κ2) is 8.77. The zero-order valence-corrected chi connectivity index (χ0v) is 16.5. The number of hydrogen-bond acceptors (Lipinski definition) is 6. The van der Waals surface area contributed by atoms with Crippen molar-refractivity contribution in [2.45, 2.75) is 33.2 Å². The van der Waals surface area contributed by atoms with Gasteiger partial charge < -0.3 is 19.7 Å². The van der Waals surface area contributed by atoms with E-state index in [9.17, 15) is 4.79 Å². The van der Waals surface area contributed by atoms with Crippen LogP contribution in [0.2, 0.25) is 0 Å². The third-order valence-electron chi connectivity index (χ3n) is 4.92. The van der Waals surface area contributed by atoms with Crippen molar-refractivity contribution < 1.29 is 14.3 Å². The van der Waals surface area contributed by atoms with Crippen LogP contribution in [-0.2, 0) is 4.79 Å². The summed E-state index contributed by atoms with van der Waals surface area (Å²) in [4.78, 5) is 19.8. The fourth-order valence-corrected chi connectivity index (χ4v) is 4.19. The van der Waals surface area contributed by atoms with Gasteiger partial charge in [0.15, 0.2) is 16.7 Å². The van der Waals surface area contributed by atoms with Crippen molar-refractivity contribution in [3.63, 3.8) is 0 Å². The van der Waals surface area contributed by atoms with Gasteiger partial charge in [-0.1, -0.05) is 38.6 Å². The molecule has 142 valence electrons. The highest BCUT2D eigenvalue weighted by molar-refractivity contribution is 8.13. The molecule has 2 atom stereocenters. The van der Waals surface area contributed by atoms with Crippen LogP contribution in [-0.4, -0.2) is 48.2 Å². The number of aliphatic imine (C=N–C) groups is 1. The molecule has 0 spiro atoms. The highest BCUT2D eigenvalue weighted by Crippen LogP contribution is 2.39. The predicted octanol–water partition coefficient (Wildman–Crippen LogP) is 3.04. The Morgan fingerprint density at radius 1 is 1.23 bits per heavy atom. The molecule has 3 rings (SSSR count). The van der Waals surface area contributed by atoms with E-state index in [0.29, 0.717) is 0 Å². The van der Waals surface area contributed by atoms with Gasteiger partial charge in [0.25, 0.3) is 0 Å². The first-order chi connectivity index (χ1) is 12.7. The van der Waals surface area contributed by atoms with Crippen LogP contribution in [0.25, 0.3) is 0 Å². The van der Waals surface area contributed by atoms with Gasteiger partial charge in [0.1, 0.15) is 0 Å². The topological polar surface area (TPSA) is 63.2 Å². The van der Waals surface area contributed by atoms with Gasteiger partial charge in [-0.3, -0.25) is 9.79 Å². The molecule has 0 bridgehead atoms. The Morgan fingerprint density at radius 3 is 2.73 bits per heavy atom. The molecule has 2 unspecified atom stereocenters. The fourth-order valence-electron chi connectivity index (χ4n) is 3.29. The molecule has 1 amide bonds. The molecule has 0 saturated carbocycles. The Labute approximate surface area is 159 Å². The Bertz CT molecular complexity index is 676. The van der Waals surface area contributed by atoms with Crippen molar-refractivity contribution in [2.24, 2.45) is 10.9 Å². The van der Waals surface area contributed by atoms with E-state index in [2.05, 4.69) is 24.1 Å². The van der Waals surface area contributed by atoms with Crippen LogP contribution in [0.5, 0.6) is 11.5 Å². The van der Waals surface area contributed by atoms with E-state index in [-0.39, 0.29) is 24.7 Å². The lowest BCUT2D eigenvalue weighted by Gasteiger charge is -2.29. The minimum absolute atomic E-state index is 0.0514. The second-order valence-electron chi connectivity index (χ2n) is 6.37. The van der Waals surface area contributed by atoms with Crippen LogP contribution in [0.4, 0.5) is 0 Å². The number of thioether (sulfide) groups is 1. The van der Waals surface area contributed by atoms with Crippen molar-refractivity contribution in [3.05, 3.63) is 23.8 Å². The predicted molar refractivity (Wildman–Crippen MR) is 105 cm³/mol. The molecule has 0 saturated heterocycles. The third-order valence-corrected chi connectivity index (χ3v) is 5.79. The maximum Gasteiger partial charge on any atom is 0.231 e. The molecule has 2 heterocycles. The largest absolute Gasteiger partial charge is 0.454 e. The summed E-state index contributed by atoms with van der Waals surface area (Å²) in [6.07, 6.45) is 0.742. The van der Waals surface area contributed by atoms with E-state index < -0.39 is 0 Å². The summed E-state index contributed by atoms with van der Waals surface area (Å²) in [5.74, 6) is 2.28. The number of carbonyl (C=O) groups is 1. The summed E-state index contributed by atoms with van der Waals surface area (Å²) in [7, 11) is 0. The molecule has 6 nitrogen and oxygen atoms in total. The van der Waals surface area contributed by atoms with Crippen LogP contribution < -0.4 is 14.8 Å². The number of hydrogen-bond donors (Lipinski definition) is 1. The summed E-state index contributed by atoms with van der Waals surface area (Å²) in [6, 6.07) is 5.66. The minimum atomic E-state index is -0.181. The van der Waals surface area contributed by atoms with E-state index >= 15 is 0 Å². The lowest BCUT2D eigenvalue weighted by molar-refractivity contribution is -0.124. The molecule has 0 aromatic heterocycles. The highest BCUT2D eigenvalue weighted by Gasteiger charge is 2.33. The summed E-state index contributed by atoms with van der Waals surface area (Å²) in [6.45, 7) is 9.65. The highest BCUT2D eigenvalue weighted by atomic mass is 32.2. The van der Waals surface area contributed by atoms with Gasteiger partial charge in [-0.2, -0.15) is 0 Å². The fraction of sp³-hybridized carbons (Fsp3) is 0.579. The lowest BCUT2D eigenvalue weighted by atomic mass is 9.89. The van der Waals surface area contributed by atoms with Crippen molar-refractivity contribution >= 4 is 22.8 Å². The number of carbonyl (C=O) groups excluding carboxylic acids is 1. The van der Waals surface area contributed by atoms with Crippen LogP contribution in [0.3, 0.4) is 0 Å². The van der Waals surface area contributed by atoms with Crippen molar-refractivity contribution in [1.29, 1.82) is 0 Å². The molecule has 0 fully saturated rings. The Hall–Kier alpha value is -1.73. The maximum absolute atomic E-state index is 12.6. The average Bonchev–Trinajstić information content (AvgIpc) is 3.12. The quantitative estimate of drug-likeness (QED) is 0.791. The van der Waals surface area contributed by atoms with Gasteiger partial charge in [0.2, 0.25) is 12.7 Å². The molecule has 2 aliphatic rings. The van der Waals surface area contributed by atoms with Gasteiger partial charge in [-0.25, -0.2) is 0 Å². The maximum atomic E-state index is 12.6. The second-order valence-corrected chi connectivity index (χ2v) is 7.45. The Morgan fingerprint density at radius 2 is 2.00 bits per heavy atom. The van der Waals surface area contributed by atoms with Gasteiger partial charge >= 0.3 is 0 Å². The molecule has 2 aliphatic heterocycles. The minimum Gasteiger partial charge on any atom is -0.454 e. The van der Waals surface area contributed by atoms with Crippen molar-refractivity contribution in [2.75, 3.05) is 32.2 Å². The number of nitrogens with zero attached hydrogens (tertiary/aromatic N) is 2. The van der Waals surface area contributed by atoms with Gasteiger partial charge in [-0.15, -0.1) is 0 Å². The standard InChI is InChI=1S/C19H27N3O3S/c1-4-14-17(13-7-8-15-16(11-13)25-12-24-15)20-19(21-18(14)23)26-10-9-22(5-2)6-3/h7-8,11,14,17H,4-6,9-10,12H2,1-3H3,(H,20,21,23). The molecule has 1 aromatic rings. The van der Waals surface area contributed by atoms with Crippen LogP contribution in [0.1, 0.15) is 38.8 Å². The zero-order valence-electron chi connectivity index (χ0n) is 15.7. The molecular weight excluding hydrogens is 350 g/mol. The van der Waals surface area contributed by atoms with E-state index in [1.165, 1.54) is 0 Å². The van der Waals surface area contributed by atoms with Gasteiger partial charge in [0.05, 0.1) is 12.0 Å². The number of benzene rings is 1. The Kier molecular flexibility index (Phi) is 6.43. The van der Waals surface area contributed by atoms with Crippen LogP contribution in [0, 0.1) is 5.92 Å². The van der Waals surface area contributed by atoms with E-state index in [1.54, 1.807) is 11.8 Å². The van der Waals surface area contributed by atoms with Crippen LogP contribution >= 0.6 is 11.8 Å². The molecule has 26 heavy (non-hydrogen) atoms. The molecule has 1 N–H and O–H groups in total. The molecular formula is C19H27N3O3S. The van der Waals surface area contributed by atoms with E-state index in [1.807, 2.05) is 25.1 Å². The zero-order chi connectivity index (χ0) is 18.5. The number of nitrogens with one attached hydrogen (secondary N) is 1. The molecule has 7 heteroatoms. The first-order valence-corrected chi connectivity index (χ1v) is 10.3. The smallest absolute Gasteiger partial charge is 0.231 e. The summed E-state index contributed by atoms with van der Waals surface area (Å²) >= 11 is 1.62. The third kappa shape index (κ3) is 4.15. The molecule has 1 aromatic carbocycles. The van der Waals surface area contributed by atoms with Gasteiger partial charge in [0, 0.05) is 12.3 Å². The average molecular weight is 378 g/mol. The number of amidine groups is 1. The molecule has 0 aliphatic carbocycles. The van der Waals surface area contributed by atoms with E-state index in [4.69, 9.17) is 14.5 Å². The first kappa shape index (κ1) is 19.0. The number of ether oxygens (including phenoxy) is 2.